The maximum Gasteiger partial charge on any atom is 0.354 e. The molecule has 0 bridgehead atoms. The number of carbonyl (C=O) groups is 1. The molecule has 1 unspecified atom stereocenters. The molecule has 0 radical (unpaired) electrons. The van der Waals surface area contributed by atoms with E-state index in [1.807, 2.05) is 13.8 Å². The van der Waals surface area contributed by atoms with Gasteiger partial charge >= 0.3 is 5.97 Å². The van der Waals surface area contributed by atoms with Gasteiger partial charge in [0.05, 0.1) is 0 Å². The Bertz CT molecular complexity index is 583. The van der Waals surface area contributed by atoms with Crippen molar-refractivity contribution in [1.29, 1.82) is 0 Å². The summed E-state index contributed by atoms with van der Waals surface area (Å²) < 4.78 is 6.10. The molecule has 21 heavy (non-hydrogen) atoms. The molecule has 2 rings (SSSR count). The fraction of sp³-hybridized carbons (Fsp3) is 0.429. The van der Waals surface area contributed by atoms with Crippen LogP contribution in [0.2, 0.25) is 0 Å². The van der Waals surface area contributed by atoms with E-state index in [2.05, 4.69) is 20.9 Å². The van der Waals surface area contributed by atoms with Crippen molar-refractivity contribution in [1.82, 2.24) is 0 Å². The molecule has 1 heterocycles. The van der Waals surface area contributed by atoms with Crippen molar-refractivity contribution in [2.24, 2.45) is 10.9 Å². The molecule has 1 aromatic carbocycles. The topological polar surface area (TPSA) is 81.8 Å². The first-order valence-corrected chi connectivity index (χ1v) is 7.33. The number of carbonyl (C=O) groups excluding carboxylic acids is 1. The Morgan fingerprint density at radius 2 is 2.00 bits per heavy atom. The molecule has 1 aliphatic heterocycles. The second-order valence-corrected chi connectivity index (χ2v) is 6.05. The molecule has 2 atom stereocenters. The molecule has 0 aromatic heterocycles. The number of ether oxygens (including phenoxy) is 1. The molecule has 6 nitrogen and oxygen atoms in total. The van der Waals surface area contributed by atoms with Crippen molar-refractivity contribution in [3.8, 4) is 0 Å². The second kappa shape index (κ2) is 6.34. The van der Waals surface area contributed by atoms with Crippen LogP contribution in [-0.2, 0) is 9.53 Å². The summed E-state index contributed by atoms with van der Waals surface area (Å²) in [5, 5.41) is 10.9. The van der Waals surface area contributed by atoms with E-state index in [1.54, 1.807) is 24.3 Å². The van der Waals surface area contributed by atoms with E-state index in [0.29, 0.717) is 5.71 Å². The summed E-state index contributed by atoms with van der Waals surface area (Å²) >= 11 is 3.32. The standard InChI is InChI=1S/C14H15BrN2O4/c1-8(2)12-14(18)21-13(16-12)11(7-17(19)20)9-3-5-10(15)6-4-9/h3-6,8,11,13H,7H2,1-2H3/t11-,13?/m0/s1. The Morgan fingerprint density at radius 1 is 1.38 bits per heavy atom. The Hall–Kier alpha value is -1.76. The van der Waals surface area contributed by atoms with Crippen LogP contribution in [-0.4, -0.2) is 29.4 Å². The molecule has 112 valence electrons. The van der Waals surface area contributed by atoms with Gasteiger partial charge in [-0.15, -0.1) is 0 Å². The smallest absolute Gasteiger partial charge is 0.354 e. The van der Waals surface area contributed by atoms with Crippen molar-refractivity contribution in [2.75, 3.05) is 6.54 Å². The monoisotopic (exact) mass is 354 g/mol. The van der Waals surface area contributed by atoms with E-state index in [9.17, 15) is 14.9 Å². The minimum Gasteiger partial charge on any atom is -0.434 e. The zero-order chi connectivity index (χ0) is 15.6. The van der Waals surface area contributed by atoms with Crippen LogP contribution >= 0.6 is 15.9 Å². The summed E-state index contributed by atoms with van der Waals surface area (Å²) in [5.74, 6) is -1.14. The molecular formula is C14H15BrN2O4. The van der Waals surface area contributed by atoms with Crippen LogP contribution in [0, 0.1) is 16.0 Å². The Kier molecular flexibility index (Phi) is 4.72. The lowest BCUT2D eigenvalue weighted by atomic mass is 9.97. The van der Waals surface area contributed by atoms with Gasteiger partial charge in [-0.2, -0.15) is 0 Å². The minimum absolute atomic E-state index is 0.0660. The highest BCUT2D eigenvalue weighted by molar-refractivity contribution is 9.10. The largest absolute Gasteiger partial charge is 0.434 e. The fourth-order valence-electron chi connectivity index (χ4n) is 2.17. The summed E-state index contributed by atoms with van der Waals surface area (Å²) in [4.78, 5) is 26.5. The molecule has 0 saturated heterocycles. The molecule has 0 aliphatic carbocycles. The number of nitrogens with zero attached hydrogens (tertiary/aromatic N) is 2. The lowest BCUT2D eigenvalue weighted by Gasteiger charge is -2.17. The van der Waals surface area contributed by atoms with Crippen molar-refractivity contribution < 1.29 is 14.5 Å². The number of nitro groups is 1. The SMILES string of the molecule is CC(C)C1=NC([C@@H](C[N+](=O)[O-])c2ccc(Br)cc2)OC1=O. The van der Waals surface area contributed by atoms with E-state index in [-0.39, 0.29) is 12.5 Å². The molecule has 0 N–H and O–H groups in total. The minimum atomic E-state index is -0.832. The Labute approximate surface area is 130 Å². The van der Waals surface area contributed by atoms with Gasteiger partial charge in [-0.25, -0.2) is 9.79 Å². The predicted octanol–water partition coefficient (Wildman–Crippen LogP) is 2.79. The van der Waals surface area contributed by atoms with E-state index in [1.165, 1.54) is 0 Å². The van der Waals surface area contributed by atoms with E-state index in [4.69, 9.17) is 4.74 Å². The predicted molar refractivity (Wildman–Crippen MR) is 80.9 cm³/mol. The van der Waals surface area contributed by atoms with Gasteiger partial charge in [0, 0.05) is 15.3 Å². The van der Waals surface area contributed by atoms with Gasteiger partial charge in [0.1, 0.15) is 11.6 Å². The van der Waals surface area contributed by atoms with E-state index < -0.39 is 23.0 Å². The highest BCUT2D eigenvalue weighted by Crippen LogP contribution is 2.28. The van der Waals surface area contributed by atoms with Gasteiger partial charge in [0.2, 0.25) is 12.8 Å². The third kappa shape index (κ3) is 3.66. The number of aliphatic imine (C=N–C) groups is 1. The summed E-state index contributed by atoms with van der Waals surface area (Å²) in [7, 11) is 0. The van der Waals surface area contributed by atoms with Gasteiger partial charge in [-0.1, -0.05) is 41.9 Å². The van der Waals surface area contributed by atoms with Crippen LogP contribution < -0.4 is 0 Å². The van der Waals surface area contributed by atoms with Gasteiger partial charge in [0.25, 0.3) is 0 Å². The summed E-state index contributed by atoms with van der Waals surface area (Å²) in [6.45, 7) is 3.34. The quantitative estimate of drug-likeness (QED) is 0.462. The molecule has 1 aliphatic rings. The summed E-state index contributed by atoms with van der Waals surface area (Å²) in [6, 6.07) is 7.14. The van der Waals surface area contributed by atoms with Crippen molar-refractivity contribution in [3.63, 3.8) is 0 Å². The van der Waals surface area contributed by atoms with Crippen LogP contribution in [0.1, 0.15) is 25.3 Å². The number of rotatable bonds is 5. The number of esters is 1. The normalized spacial score (nSPS) is 19.3. The Balaban J connectivity index is 2.31. The average Bonchev–Trinajstić information content (AvgIpc) is 2.79. The third-order valence-corrected chi connectivity index (χ3v) is 3.77. The lowest BCUT2D eigenvalue weighted by Crippen LogP contribution is -2.25. The first-order valence-electron chi connectivity index (χ1n) is 6.54. The molecule has 0 amide bonds. The average molecular weight is 355 g/mol. The van der Waals surface area contributed by atoms with Gasteiger partial charge < -0.3 is 4.74 Å². The van der Waals surface area contributed by atoms with Gasteiger partial charge in [-0.3, -0.25) is 10.1 Å². The zero-order valence-corrected chi connectivity index (χ0v) is 13.2. The lowest BCUT2D eigenvalue weighted by molar-refractivity contribution is -0.485. The highest BCUT2D eigenvalue weighted by Gasteiger charge is 2.37. The first kappa shape index (κ1) is 15.6. The second-order valence-electron chi connectivity index (χ2n) is 5.14. The number of hydrogen-bond acceptors (Lipinski definition) is 5. The zero-order valence-electron chi connectivity index (χ0n) is 11.7. The van der Waals surface area contributed by atoms with Crippen LogP contribution in [0.5, 0.6) is 0 Å². The van der Waals surface area contributed by atoms with E-state index >= 15 is 0 Å². The van der Waals surface area contributed by atoms with Crippen LogP contribution in [0.25, 0.3) is 0 Å². The van der Waals surface area contributed by atoms with Crippen LogP contribution in [0.4, 0.5) is 0 Å². The fourth-order valence-corrected chi connectivity index (χ4v) is 2.44. The van der Waals surface area contributed by atoms with Gasteiger partial charge in [-0.05, 0) is 17.7 Å². The summed E-state index contributed by atoms with van der Waals surface area (Å²) in [5.41, 5.74) is 1.06. The van der Waals surface area contributed by atoms with Crippen molar-refractivity contribution >= 4 is 27.6 Å². The number of benzene rings is 1. The van der Waals surface area contributed by atoms with E-state index in [0.717, 1.165) is 10.0 Å². The molecule has 0 fully saturated rings. The highest BCUT2D eigenvalue weighted by atomic mass is 79.9. The number of cyclic esters (lactones) is 1. The molecule has 1 aromatic rings. The molecule has 0 saturated carbocycles. The Morgan fingerprint density at radius 3 is 2.48 bits per heavy atom. The van der Waals surface area contributed by atoms with Crippen molar-refractivity contribution in [2.45, 2.75) is 26.0 Å². The molecular weight excluding hydrogens is 340 g/mol. The van der Waals surface area contributed by atoms with Gasteiger partial charge in [0.15, 0.2) is 0 Å². The first-order chi connectivity index (χ1) is 9.88. The van der Waals surface area contributed by atoms with Crippen LogP contribution in [0.15, 0.2) is 33.7 Å². The van der Waals surface area contributed by atoms with Crippen molar-refractivity contribution in [3.05, 3.63) is 44.4 Å². The molecule has 0 spiro atoms. The number of hydrogen-bond donors (Lipinski definition) is 0. The molecule has 7 heteroatoms. The summed E-state index contributed by atoms with van der Waals surface area (Å²) in [6.07, 6.45) is -0.832. The maximum atomic E-state index is 11.8. The number of halogens is 1. The maximum absolute atomic E-state index is 11.8. The van der Waals surface area contributed by atoms with Crippen LogP contribution in [0.3, 0.4) is 0 Å². The third-order valence-electron chi connectivity index (χ3n) is 3.24.